The first kappa shape index (κ1) is 14.5. The smallest absolute Gasteiger partial charge is 0.241 e. The van der Waals surface area contributed by atoms with Crippen LogP contribution in [-0.4, -0.2) is 36.1 Å². The van der Waals surface area contributed by atoms with Gasteiger partial charge in [-0.05, 0) is 42.7 Å². The summed E-state index contributed by atoms with van der Waals surface area (Å²) in [6, 6.07) is 2.00. The molecule has 1 aliphatic rings. The number of carbonyl (C=O) groups excluding carboxylic acids is 1. The molecule has 0 radical (unpaired) electrons. The second kappa shape index (κ2) is 6.50. The third kappa shape index (κ3) is 3.16. The van der Waals surface area contributed by atoms with Crippen molar-refractivity contribution < 1.29 is 9.53 Å². The van der Waals surface area contributed by atoms with E-state index in [2.05, 4.69) is 16.8 Å². The van der Waals surface area contributed by atoms with Crippen LogP contribution in [0.5, 0.6) is 0 Å². The van der Waals surface area contributed by atoms with E-state index >= 15 is 0 Å². The minimum Gasteiger partial charge on any atom is -0.377 e. The lowest BCUT2D eigenvalue weighted by molar-refractivity contribution is -0.132. The summed E-state index contributed by atoms with van der Waals surface area (Å²) < 4.78 is 5.57. The number of ether oxygens (including phenoxy) is 1. The maximum Gasteiger partial charge on any atom is 0.241 e. The first-order chi connectivity index (χ1) is 9.17. The van der Waals surface area contributed by atoms with Gasteiger partial charge in [0.25, 0.3) is 0 Å². The Hall–Kier alpha value is -0.910. The van der Waals surface area contributed by atoms with E-state index in [4.69, 9.17) is 4.74 Å². The van der Waals surface area contributed by atoms with Gasteiger partial charge >= 0.3 is 0 Å². The summed E-state index contributed by atoms with van der Waals surface area (Å²) in [5.41, 5.74) is 1.16. The molecule has 1 aliphatic heterocycles. The molecular formula is C14H22N2O2S. The fourth-order valence-electron chi connectivity index (χ4n) is 2.49. The number of carbonyl (C=O) groups is 1. The van der Waals surface area contributed by atoms with Gasteiger partial charge in [0.05, 0.1) is 12.1 Å². The lowest BCUT2D eigenvalue weighted by atomic mass is 10.2. The van der Waals surface area contributed by atoms with E-state index in [1.54, 1.807) is 11.3 Å². The predicted octanol–water partition coefficient (Wildman–Crippen LogP) is 2.38. The number of rotatable bonds is 6. The van der Waals surface area contributed by atoms with E-state index in [1.807, 2.05) is 31.1 Å². The lowest BCUT2D eigenvalue weighted by Gasteiger charge is -2.26. The predicted molar refractivity (Wildman–Crippen MR) is 77.1 cm³/mol. The highest BCUT2D eigenvalue weighted by molar-refractivity contribution is 7.07. The van der Waals surface area contributed by atoms with Gasteiger partial charge in [-0.25, -0.2) is 0 Å². The third-order valence-electron chi connectivity index (χ3n) is 3.42. The average Bonchev–Trinajstić information content (AvgIpc) is 2.99. The zero-order valence-electron chi connectivity index (χ0n) is 11.8. The highest BCUT2D eigenvalue weighted by atomic mass is 32.1. The summed E-state index contributed by atoms with van der Waals surface area (Å²) in [6.07, 6.45) is 0.873. The van der Waals surface area contributed by atoms with Crippen molar-refractivity contribution in [1.82, 2.24) is 10.2 Å². The fraction of sp³-hybridized carbons (Fsp3) is 0.643. The van der Waals surface area contributed by atoms with Gasteiger partial charge in [-0.15, -0.1) is 0 Å². The third-order valence-corrected chi connectivity index (χ3v) is 4.13. The average molecular weight is 282 g/mol. The Bertz CT molecular complexity index is 408. The molecule has 0 bridgehead atoms. The molecule has 1 N–H and O–H groups in total. The van der Waals surface area contributed by atoms with Crippen molar-refractivity contribution >= 4 is 17.2 Å². The van der Waals surface area contributed by atoms with Crippen molar-refractivity contribution in [1.29, 1.82) is 0 Å². The second-order valence-electron chi connectivity index (χ2n) is 4.84. The van der Waals surface area contributed by atoms with E-state index in [1.165, 1.54) is 0 Å². The summed E-state index contributed by atoms with van der Waals surface area (Å²) in [6.45, 7) is 7.34. The van der Waals surface area contributed by atoms with Crippen LogP contribution in [-0.2, 0) is 9.53 Å². The number of thiophene rings is 1. The Morgan fingerprint density at radius 2 is 2.32 bits per heavy atom. The Kier molecular flexibility index (Phi) is 4.96. The molecule has 106 valence electrons. The first-order valence-electron chi connectivity index (χ1n) is 6.87. The van der Waals surface area contributed by atoms with Gasteiger partial charge in [0, 0.05) is 13.2 Å². The summed E-state index contributed by atoms with van der Waals surface area (Å²) >= 11 is 1.66. The SMILES string of the molecule is CCOC(C)CN1C(=O)C(CC)NC1c1ccsc1. The van der Waals surface area contributed by atoms with E-state index in [0.29, 0.717) is 13.2 Å². The van der Waals surface area contributed by atoms with Crippen LogP contribution in [0.25, 0.3) is 0 Å². The van der Waals surface area contributed by atoms with Crippen LogP contribution in [0.4, 0.5) is 0 Å². The first-order valence-corrected chi connectivity index (χ1v) is 7.81. The van der Waals surface area contributed by atoms with Gasteiger partial charge in [-0.2, -0.15) is 11.3 Å². The topological polar surface area (TPSA) is 41.6 Å². The molecule has 1 aromatic heterocycles. The van der Waals surface area contributed by atoms with Crippen LogP contribution >= 0.6 is 11.3 Å². The van der Waals surface area contributed by atoms with Crippen LogP contribution < -0.4 is 5.32 Å². The van der Waals surface area contributed by atoms with Crippen molar-refractivity contribution in [3.63, 3.8) is 0 Å². The summed E-state index contributed by atoms with van der Waals surface area (Å²) in [5, 5.41) is 7.56. The zero-order chi connectivity index (χ0) is 13.8. The summed E-state index contributed by atoms with van der Waals surface area (Å²) in [4.78, 5) is 14.3. The molecule has 1 amide bonds. The van der Waals surface area contributed by atoms with Gasteiger partial charge in [-0.1, -0.05) is 6.92 Å². The largest absolute Gasteiger partial charge is 0.377 e. The van der Waals surface area contributed by atoms with Crippen molar-refractivity contribution in [3.8, 4) is 0 Å². The molecule has 1 fully saturated rings. The lowest BCUT2D eigenvalue weighted by Crippen LogP contribution is -2.37. The molecule has 5 heteroatoms. The van der Waals surface area contributed by atoms with Gasteiger partial charge in [0.1, 0.15) is 6.17 Å². The van der Waals surface area contributed by atoms with Gasteiger partial charge in [-0.3, -0.25) is 10.1 Å². The molecule has 4 nitrogen and oxygen atoms in total. The number of hydrogen-bond donors (Lipinski definition) is 1. The minimum atomic E-state index is -0.0706. The second-order valence-corrected chi connectivity index (χ2v) is 5.62. The van der Waals surface area contributed by atoms with Gasteiger partial charge < -0.3 is 9.64 Å². The monoisotopic (exact) mass is 282 g/mol. The van der Waals surface area contributed by atoms with Crippen LogP contribution in [0.2, 0.25) is 0 Å². The molecule has 0 aliphatic carbocycles. The molecule has 0 spiro atoms. The zero-order valence-corrected chi connectivity index (χ0v) is 12.6. The fourth-order valence-corrected chi connectivity index (χ4v) is 3.17. The van der Waals surface area contributed by atoms with Crippen molar-refractivity contribution in [2.75, 3.05) is 13.2 Å². The van der Waals surface area contributed by atoms with Gasteiger partial charge in [0.15, 0.2) is 0 Å². The van der Waals surface area contributed by atoms with Crippen LogP contribution in [0.1, 0.15) is 38.9 Å². The number of nitrogens with one attached hydrogen (secondary N) is 1. The normalized spacial score (nSPS) is 25.0. The van der Waals surface area contributed by atoms with E-state index in [0.717, 1.165) is 12.0 Å². The Labute approximate surface area is 118 Å². The minimum absolute atomic E-state index is 0.00777. The Morgan fingerprint density at radius 1 is 1.53 bits per heavy atom. The molecule has 1 saturated heterocycles. The standard InChI is InChI=1S/C14H22N2O2S/c1-4-12-14(17)16(8-10(3)18-5-2)13(15-12)11-6-7-19-9-11/h6-7,9-10,12-13,15H,4-5,8H2,1-3H3. The molecule has 1 aromatic rings. The molecule has 2 heterocycles. The highest BCUT2D eigenvalue weighted by Gasteiger charge is 2.39. The quantitative estimate of drug-likeness (QED) is 0.871. The van der Waals surface area contributed by atoms with E-state index < -0.39 is 0 Å². The molecule has 0 saturated carbocycles. The Morgan fingerprint density at radius 3 is 2.89 bits per heavy atom. The molecule has 0 aromatic carbocycles. The highest BCUT2D eigenvalue weighted by Crippen LogP contribution is 2.28. The van der Waals surface area contributed by atoms with E-state index in [-0.39, 0.29) is 24.2 Å². The molecule has 19 heavy (non-hydrogen) atoms. The molecule has 3 atom stereocenters. The van der Waals surface area contributed by atoms with Crippen molar-refractivity contribution in [2.24, 2.45) is 0 Å². The Balaban J connectivity index is 2.13. The van der Waals surface area contributed by atoms with Crippen LogP contribution in [0.15, 0.2) is 16.8 Å². The number of amides is 1. The number of hydrogen-bond acceptors (Lipinski definition) is 4. The van der Waals surface area contributed by atoms with Crippen LogP contribution in [0.3, 0.4) is 0 Å². The maximum absolute atomic E-state index is 12.4. The van der Waals surface area contributed by atoms with Gasteiger partial charge in [0.2, 0.25) is 5.91 Å². The summed E-state index contributed by atoms with van der Waals surface area (Å²) in [7, 11) is 0. The van der Waals surface area contributed by atoms with Crippen molar-refractivity contribution in [2.45, 2.75) is 45.5 Å². The van der Waals surface area contributed by atoms with E-state index in [9.17, 15) is 4.79 Å². The van der Waals surface area contributed by atoms with Crippen LogP contribution in [0, 0.1) is 0 Å². The molecular weight excluding hydrogens is 260 g/mol. The van der Waals surface area contributed by atoms with Crippen molar-refractivity contribution in [3.05, 3.63) is 22.4 Å². The maximum atomic E-state index is 12.4. The molecule has 3 unspecified atom stereocenters. The summed E-state index contributed by atoms with van der Waals surface area (Å²) in [5.74, 6) is 0.185. The molecule has 2 rings (SSSR count). The number of nitrogens with zero attached hydrogens (tertiary/aromatic N) is 1.